The minimum atomic E-state index is -2.96. The maximum absolute atomic E-state index is 11.0. The molecule has 0 saturated carbocycles. The van der Waals surface area contributed by atoms with Gasteiger partial charge in [-0.1, -0.05) is 0 Å². The number of hydrogen-bond acceptors (Lipinski definition) is 5. The molecule has 17 heavy (non-hydrogen) atoms. The van der Waals surface area contributed by atoms with Gasteiger partial charge in [0, 0.05) is 25.2 Å². The van der Waals surface area contributed by atoms with Gasteiger partial charge >= 0.3 is 0 Å². The van der Waals surface area contributed by atoms with E-state index in [2.05, 4.69) is 15.4 Å². The molecule has 0 radical (unpaired) electrons. The van der Waals surface area contributed by atoms with Crippen molar-refractivity contribution in [3.63, 3.8) is 0 Å². The van der Waals surface area contributed by atoms with E-state index in [0.717, 1.165) is 11.2 Å². The zero-order valence-corrected chi connectivity index (χ0v) is 10.5. The van der Waals surface area contributed by atoms with Gasteiger partial charge in [0.1, 0.15) is 15.4 Å². The summed E-state index contributed by atoms with van der Waals surface area (Å²) >= 11 is 0. The smallest absolute Gasteiger partial charge is 0.152 e. The number of anilines is 1. The Morgan fingerprint density at radius 3 is 2.94 bits per heavy atom. The highest BCUT2D eigenvalue weighted by molar-refractivity contribution is 7.90. The van der Waals surface area contributed by atoms with Crippen LogP contribution in [0.2, 0.25) is 0 Å². The van der Waals surface area contributed by atoms with Gasteiger partial charge in [-0.3, -0.25) is 0 Å². The third-order valence-corrected chi connectivity index (χ3v) is 3.22. The number of rotatable bonds is 4. The summed E-state index contributed by atoms with van der Waals surface area (Å²) in [6, 6.07) is 1.90. The quantitative estimate of drug-likeness (QED) is 0.859. The van der Waals surface area contributed by atoms with E-state index in [1.807, 2.05) is 13.0 Å². The van der Waals surface area contributed by atoms with Gasteiger partial charge in [0.25, 0.3) is 0 Å². The number of aryl methyl sites for hydroxylation is 1. The van der Waals surface area contributed by atoms with Gasteiger partial charge in [-0.2, -0.15) is 5.10 Å². The third kappa shape index (κ3) is 2.94. The molecule has 7 heteroatoms. The van der Waals surface area contributed by atoms with E-state index < -0.39 is 9.84 Å². The molecule has 2 aromatic heterocycles. The second-order valence-corrected chi connectivity index (χ2v) is 6.21. The van der Waals surface area contributed by atoms with Gasteiger partial charge in [-0.15, -0.1) is 0 Å². The van der Waals surface area contributed by atoms with Crippen molar-refractivity contribution >= 4 is 21.2 Å². The van der Waals surface area contributed by atoms with Crippen LogP contribution in [0.3, 0.4) is 0 Å². The van der Waals surface area contributed by atoms with Crippen LogP contribution in [-0.2, 0) is 9.84 Å². The number of sulfone groups is 1. The molecule has 0 fully saturated rings. The fourth-order valence-electron chi connectivity index (χ4n) is 1.54. The van der Waals surface area contributed by atoms with Crippen LogP contribution in [0, 0.1) is 6.92 Å². The number of fused-ring (bicyclic) bond motifs is 1. The number of nitrogens with zero attached hydrogens (tertiary/aromatic N) is 3. The van der Waals surface area contributed by atoms with Crippen molar-refractivity contribution in [3.05, 3.63) is 24.2 Å². The van der Waals surface area contributed by atoms with E-state index in [-0.39, 0.29) is 5.75 Å². The Bertz CT molecular complexity index is 633. The Morgan fingerprint density at radius 2 is 2.24 bits per heavy atom. The number of nitrogens with one attached hydrogen (secondary N) is 1. The molecule has 0 aliphatic carbocycles. The van der Waals surface area contributed by atoms with E-state index >= 15 is 0 Å². The van der Waals surface area contributed by atoms with Gasteiger partial charge in [0.15, 0.2) is 5.82 Å². The van der Waals surface area contributed by atoms with Gasteiger partial charge < -0.3 is 5.32 Å². The van der Waals surface area contributed by atoms with E-state index in [9.17, 15) is 8.42 Å². The van der Waals surface area contributed by atoms with E-state index in [1.165, 1.54) is 6.26 Å². The monoisotopic (exact) mass is 254 g/mol. The summed E-state index contributed by atoms with van der Waals surface area (Å²) in [7, 11) is -2.96. The first kappa shape index (κ1) is 11.8. The van der Waals surface area contributed by atoms with Crippen LogP contribution < -0.4 is 5.32 Å². The maximum atomic E-state index is 11.0. The van der Waals surface area contributed by atoms with Crippen molar-refractivity contribution in [3.8, 4) is 0 Å². The lowest BCUT2D eigenvalue weighted by Crippen LogP contribution is -2.15. The van der Waals surface area contributed by atoms with Crippen molar-refractivity contribution in [2.75, 3.05) is 23.9 Å². The minimum absolute atomic E-state index is 0.0862. The summed E-state index contributed by atoms with van der Waals surface area (Å²) in [5.74, 6) is 0.736. The van der Waals surface area contributed by atoms with Crippen molar-refractivity contribution in [2.24, 2.45) is 0 Å². The lowest BCUT2D eigenvalue weighted by Gasteiger charge is -2.05. The normalized spacial score (nSPS) is 11.9. The Morgan fingerprint density at radius 1 is 1.47 bits per heavy atom. The van der Waals surface area contributed by atoms with Crippen LogP contribution in [0.5, 0.6) is 0 Å². The zero-order valence-electron chi connectivity index (χ0n) is 9.71. The lowest BCUT2D eigenvalue weighted by atomic mass is 10.4. The van der Waals surface area contributed by atoms with Crippen LogP contribution in [0.1, 0.15) is 5.69 Å². The average Bonchev–Trinajstić information content (AvgIpc) is 2.57. The molecule has 0 atom stereocenters. The average molecular weight is 254 g/mol. The highest BCUT2D eigenvalue weighted by Crippen LogP contribution is 2.14. The largest absolute Gasteiger partial charge is 0.367 e. The highest BCUT2D eigenvalue weighted by atomic mass is 32.2. The van der Waals surface area contributed by atoms with Crippen LogP contribution in [-0.4, -0.2) is 41.6 Å². The minimum Gasteiger partial charge on any atom is -0.367 e. The van der Waals surface area contributed by atoms with Crippen LogP contribution in [0.4, 0.5) is 5.82 Å². The predicted octanol–water partition coefficient (Wildman–Crippen LogP) is 0.494. The Kier molecular flexibility index (Phi) is 3.01. The summed E-state index contributed by atoms with van der Waals surface area (Å²) in [6.45, 7) is 2.24. The molecule has 0 amide bonds. The molecule has 2 rings (SSSR count). The van der Waals surface area contributed by atoms with Gasteiger partial charge in [-0.05, 0) is 13.0 Å². The van der Waals surface area contributed by atoms with Crippen molar-refractivity contribution in [1.29, 1.82) is 0 Å². The van der Waals surface area contributed by atoms with E-state index in [1.54, 1.807) is 16.9 Å². The molecule has 0 aromatic carbocycles. The van der Waals surface area contributed by atoms with Crippen molar-refractivity contribution < 1.29 is 8.42 Å². The molecule has 1 N–H and O–H groups in total. The first-order chi connectivity index (χ1) is 7.96. The van der Waals surface area contributed by atoms with Crippen LogP contribution in [0.25, 0.3) is 5.52 Å². The molecule has 0 saturated heterocycles. The Labute approximate surface area is 99.6 Å². The Balaban J connectivity index is 2.18. The van der Waals surface area contributed by atoms with E-state index in [0.29, 0.717) is 12.4 Å². The second-order valence-electron chi connectivity index (χ2n) is 3.95. The van der Waals surface area contributed by atoms with Crippen molar-refractivity contribution in [1.82, 2.24) is 14.6 Å². The number of hydrogen-bond donors (Lipinski definition) is 1. The highest BCUT2D eigenvalue weighted by Gasteiger charge is 2.06. The topological polar surface area (TPSA) is 76.4 Å². The molecule has 0 aliphatic heterocycles. The third-order valence-electron chi connectivity index (χ3n) is 2.28. The lowest BCUT2D eigenvalue weighted by molar-refractivity contribution is 0.602. The van der Waals surface area contributed by atoms with Crippen molar-refractivity contribution in [2.45, 2.75) is 6.92 Å². The van der Waals surface area contributed by atoms with Gasteiger partial charge in [-0.25, -0.2) is 17.9 Å². The SMILES string of the molecule is Cc1cc2c(NCCS(C)(=O)=O)nccn2n1. The molecular formula is C10H14N4O2S. The predicted molar refractivity (Wildman–Crippen MR) is 65.9 cm³/mol. The standard InChI is InChI=1S/C10H14N4O2S/c1-8-7-9-10(11-3-5-14(9)13-8)12-4-6-17(2,15)16/h3,5,7H,4,6H2,1-2H3,(H,11,12). The molecule has 2 heterocycles. The molecule has 2 aromatic rings. The number of aromatic nitrogens is 3. The molecule has 0 bridgehead atoms. The van der Waals surface area contributed by atoms with Gasteiger partial charge in [0.2, 0.25) is 0 Å². The molecular weight excluding hydrogens is 240 g/mol. The zero-order chi connectivity index (χ0) is 12.5. The summed E-state index contributed by atoms with van der Waals surface area (Å²) in [5, 5.41) is 7.26. The first-order valence-corrected chi connectivity index (χ1v) is 7.24. The fourth-order valence-corrected chi connectivity index (χ4v) is 2.01. The molecule has 0 unspecified atom stereocenters. The molecule has 92 valence electrons. The summed E-state index contributed by atoms with van der Waals surface area (Å²) in [6.07, 6.45) is 4.60. The summed E-state index contributed by atoms with van der Waals surface area (Å²) < 4.78 is 23.7. The Hall–Kier alpha value is -1.63. The second kappa shape index (κ2) is 4.33. The molecule has 6 nitrogen and oxygen atoms in total. The fraction of sp³-hybridized carbons (Fsp3) is 0.400. The maximum Gasteiger partial charge on any atom is 0.152 e. The first-order valence-electron chi connectivity index (χ1n) is 5.18. The van der Waals surface area contributed by atoms with Gasteiger partial charge in [0.05, 0.1) is 11.4 Å². The summed E-state index contributed by atoms with van der Waals surface area (Å²) in [5.41, 5.74) is 1.74. The van der Waals surface area contributed by atoms with Crippen LogP contribution in [0.15, 0.2) is 18.5 Å². The van der Waals surface area contributed by atoms with E-state index in [4.69, 9.17) is 0 Å². The van der Waals surface area contributed by atoms with Crippen LogP contribution >= 0.6 is 0 Å². The summed E-state index contributed by atoms with van der Waals surface area (Å²) in [4.78, 5) is 4.17. The molecule has 0 spiro atoms. The molecule has 0 aliphatic rings.